The van der Waals surface area contributed by atoms with Gasteiger partial charge in [0.2, 0.25) is 5.91 Å². The molecule has 5 heterocycles. The van der Waals surface area contributed by atoms with E-state index < -0.39 is 6.04 Å². The number of rotatable bonds is 11. The van der Waals surface area contributed by atoms with Gasteiger partial charge in [0, 0.05) is 43.0 Å². The van der Waals surface area contributed by atoms with Gasteiger partial charge in [0.1, 0.15) is 6.04 Å². The summed E-state index contributed by atoms with van der Waals surface area (Å²) in [6.45, 7) is 11.8. The van der Waals surface area contributed by atoms with Gasteiger partial charge in [-0.15, -0.1) is 21.5 Å². The molecule has 0 spiro atoms. The molecule has 52 heavy (non-hydrogen) atoms. The quantitative estimate of drug-likeness (QED) is 0.173. The second-order valence-electron chi connectivity index (χ2n) is 16.2. The normalized spacial score (nSPS) is 20.8. The van der Waals surface area contributed by atoms with Crippen LogP contribution in [0, 0.1) is 17.8 Å². The third-order valence-electron chi connectivity index (χ3n) is 11.5. The van der Waals surface area contributed by atoms with Crippen LogP contribution < -0.4 is 10.2 Å². The van der Waals surface area contributed by atoms with Crippen molar-refractivity contribution in [3.8, 4) is 11.4 Å². The summed E-state index contributed by atoms with van der Waals surface area (Å²) in [7, 11) is 0. The van der Waals surface area contributed by atoms with Crippen molar-refractivity contribution in [1.82, 2.24) is 40.8 Å². The van der Waals surface area contributed by atoms with E-state index in [4.69, 9.17) is 9.97 Å². The van der Waals surface area contributed by atoms with Crippen molar-refractivity contribution >= 4 is 28.8 Å². The Bertz CT molecular complexity index is 1760. The van der Waals surface area contributed by atoms with Gasteiger partial charge in [-0.25, -0.2) is 9.97 Å². The standard InChI is InChI=1S/C40H53N9O2S/c1-5-6-26-7-11-28(12-8-26)29-17-19-48(20-18-29)32-22-41-36(42-23-32)30-13-9-27(10-14-30)21-33(39(51)49-24-31(25-49)37-44-46-47-45-37)43-38(50)34-15-16-35(52-34)40(2,3)4/h9-10,13-16,22-23,26,28-29,31,33H,5-8,11-12,17-21,24-25H2,1-4H3,(H,43,50)(H,44,45,46,47)/t26-,28-,33-/m0/s1. The first-order valence-electron chi connectivity index (χ1n) is 19.2. The second-order valence-corrected chi connectivity index (χ2v) is 17.3. The van der Waals surface area contributed by atoms with Crippen molar-refractivity contribution in [2.45, 2.75) is 103 Å². The minimum Gasteiger partial charge on any atom is -0.369 e. The van der Waals surface area contributed by atoms with Crippen LogP contribution in [0.1, 0.15) is 111 Å². The number of thiophene rings is 1. The Labute approximate surface area is 311 Å². The Balaban J connectivity index is 0.965. The summed E-state index contributed by atoms with van der Waals surface area (Å²) in [4.78, 5) is 42.7. The van der Waals surface area contributed by atoms with Crippen LogP contribution in [0.4, 0.5) is 5.69 Å². The molecule has 7 rings (SSSR count). The van der Waals surface area contributed by atoms with Gasteiger partial charge in [0.05, 0.1) is 28.9 Å². The zero-order chi connectivity index (χ0) is 36.2. The van der Waals surface area contributed by atoms with Crippen LogP contribution in [-0.2, 0) is 16.6 Å². The molecule has 3 aromatic heterocycles. The Hall–Kier alpha value is -4.19. The minimum absolute atomic E-state index is 0.0308. The van der Waals surface area contributed by atoms with Crippen LogP contribution in [0.15, 0.2) is 48.8 Å². The number of nitrogens with one attached hydrogen (secondary N) is 2. The number of nitrogens with zero attached hydrogens (tertiary/aromatic N) is 7. The van der Waals surface area contributed by atoms with E-state index >= 15 is 0 Å². The molecule has 11 nitrogen and oxygen atoms in total. The summed E-state index contributed by atoms with van der Waals surface area (Å²) < 4.78 is 0. The average molecular weight is 724 g/mol. The fourth-order valence-corrected chi connectivity index (χ4v) is 9.29. The van der Waals surface area contributed by atoms with Gasteiger partial charge in [0.15, 0.2) is 11.6 Å². The first-order chi connectivity index (χ1) is 25.1. The number of aromatic nitrogens is 6. The number of anilines is 1. The van der Waals surface area contributed by atoms with Gasteiger partial charge in [-0.2, -0.15) is 5.21 Å². The van der Waals surface area contributed by atoms with E-state index in [1.165, 1.54) is 62.7 Å². The number of hydrogen-bond donors (Lipinski definition) is 2. The molecule has 2 aliphatic heterocycles. The molecule has 12 heteroatoms. The lowest BCUT2D eigenvalue weighted by atomic mass is 9.72. The number of aromatic amines is 1. The third kappa shape index (κ3) is 8.37. The van der Waals surface area contributed by atoms with Crippen molar-refractivity contribution in [1.29, 1.82) is 0 Å². The maximum Gasteiger partial charge on any atom is 0.262 e. The maximum absolute atomic E-state index is 13.8. The van der Waals surface area contributed by atoms with Gasteiger partial charge in [0.25, 0.3) is 5.91 Å². The lowest BCUT2D eigenvalue weighted by Gasteiger charge is -2.39. The van der Waals surface area contributed by atoms with Gasteiger partial charge < -0.3 is 15.1 Å². The van der Waals surface area contributed by atoms with Crippen LogP contribution in [-0.4, -0.2) is 79.5 Å². The summed E-state index contributed by atoms with van der Waals surface area (Å²) in [5.74, 6) is 3.69. The summed E-state index contributed by atoms with van der Waals surface area (Å²) in [5.41, 5.74) is 2.89. The molecule has 2 saturated heterocycles. The number of likely N-dealkylation sites (tertiary alicyclic amines) is 1. The molecule has 4 aromatic rings. The molecule has 1 aromatic carbocycles. The molecule has 0 radical (unpaired) electrons. The number of tetrazole rings is 1. The van der Waals surface area contributed by atoms with Gasteiger partial charge in [-0.05, 0) is 66.5 Å². The number of carbonyl (C=O) groups is 2. The lowest BCUT2D eigenvalue weighted by Crippen LogP contribution is -2.56. The number of carbonyl (C=O) groups excluding carboxylic acids is 2. The van der Waals surface area contributed by atoms with Gasteiger partial charge in [-0.3, -0.25) is 9.59 Å². The number of hydrogen-bond acceptors (Lipinski definition) is 9. The highest BCUT2D eigenvalue weighted by Crippen LogP contribution is 2.40. The first kappa shape index (κ1) is 36.2. The van der Waals surface area contributed by atoms with Gasteiger partial charge in [-0.1, -0.05) is 82.9 Å². The smallest absolute Gasteiger partial charge is 0.262 e. The monoisotopic (exact) mass is 723 g/mol. The molecule has 0 bridgehead atoms. The van der Waals surface area contributed by atoms with Crippen LogP contribution in [0.2, 0.25) is 0 Å². The van der Waals surface area contributed by atoms with E-state index in [0.717, 1.165) is 52.5 Å². The maximum atomic E-state index is 13.8. The molecule has 2 amide bonds. The minimum atomic E-state index is -0.722. The molecule has 1 aliphatic carbocycles. The predicted octanol–water partition coefficient (Wildman–Crippen LogP) is 6.81. The Morgan fingerprint density at radius 3 is 2.25 bits per heavy atom. The van der Waals surface area contributed by atoms with E-state index in [9.17, 15) is 9.59 Å². The van der Waals surface area contributed by atoms with Crippen molar-refractivity contribution in [2.24, 2.45) is 17.8 Å². The molecule has 3 aliphatic rings. The van der Waals surface area contributed by atoms with Gasteiger partial charge >= 0.3 is 0 Å². The number of amides is 2. The topological polar surface area (TPSA) is 133 Å². The fourth-order valence-electron chi connectivity index (χ4n) is 8.32. The van der Waals surface area contributed by atoms with E-state index in [1.54, 1.807) is 4.90 Å². The van der Waals surface area contributed by atoms with Crippen molar-refractivity contribution in [3.63, 3.8) is 0 Å². The lowest BCUT2D eigenvalue weighted by molar-refractivity contribution is -0.137. The van der Waals surface area contributed by atoms with Crippen LogP contribution >= 0.6 is 11.3 Å². The highest BCUT2D eigenvalue weighted by molar-refractivity contribution is 7.14. The van der Waals surface area contributed by atoms with E-state index in [-0.39, 0.29) is 23.1 Å². The van der Waals surface area contributed by atoms with Crippen molar-refractivity contribution < 1.29 is 9.59 Å². The SMILES string of the molecule is CCC[C@H]1CC[C@H](C2CCN(c3cnc(-c4ccc(C[C@H](NC(=O)c5ccc(C(C)(C)C)s5)C(=O)N5CC(c6nn[nH]n6)C5)cc4)nc3)CC2)CC1. The molecule has 1 atom stereocenters. The molecular weight excluding hydrogens is 671 g/mol. The molecule has 276 valence electrons. The van der Waals surface area contributed by atoms with Crippen LogP contribution in [0.5, 0.6) is 0 Å². The largest absolute Gasteiger partial charge is 0.369 e. The zero-order valence-corrected chi connectivity index (χ0v) is 31.9. The Morgan fingerprint density at radius 1 is 0.942 bits per heavy atom. The summed E-state index contributed by atoms with van der Waals surface area (Å²) in [6, 6.07) is 11.1. The highest BCUT2D eigenvalue weighted by Gasteiger charge is 2.38. The number of benzene rings is 1. The number of piperidine rings is 1. The van der Waals surface area contributed by atoms with Crippen molar-refractivity contribution in [3.05, 3.63) is 69.9 Å². The average Bonchev–Trinajstić information content (AvgIpc) is 3.86. The first-order valence-corrected chi connectivity index (χ1v) is 20.1. The number of H-pyrrole nitrogens is 1. The van der Waals surface area contributed by atoms with E-state index in [2.05, 4.69) is 58.5 Å². The molecule has 1 saturated carbocycles. The van der Waals surface area contributed by atoms with Crippen LogP contribution in [0.3, 0.4) is 0 Å². The van der Waals surface area contributed by atoms with Crippen LogP contribution in [0.25, 0.3) is 11.4 Å². The second kappa shape index (κ2) is 15.8. The summed E-state index contributed by atoms with van der Waals surface area (Å²) in [6.07, 6.45) is 15.2. The van der Waals surface area contributed by atoms with E-state index in [0.29, 0.717) is 36.0 Å². The van der Waals surface area contributed by atoms with E-state index in [1.807, 2.05) is 48.8 Å². The Morgan fingerprint density at radius 2 is 1.63 bits per heavy atom. The fraction of sp³-hybridized carbons (Fsp3) is 0.575. The molecule has 2 N–H and O–H groups in total. The Kier molecular flexibility index (Phi) is 11.0. The molecule has 3 fully saturated rings. The predicted molar refractivity (Wildman–Crippen MR) is 204 cm³/mol. The zero-order valence-electron chi connectivity index (χ0n) is 31.1. The summed E-state index contributed by atoms with van der Waals surface area (Å²) >= 11 is 1.47. The van der Waals surface area contributed by atoms with Crippen molar-refractivity contribution in [2.75, 3.05) is 31.1 Å². The molecular formula is C40H53N9O2S. The highest BCUT2D eigenvalue weighted by atomic mass is 32.1. The summed E-state index contributed by atoms with van der Waals surface area (Å²) in [5, 5.41) is 17.3. The molecule has 0 unspecified atom stereocenters. The third-order valence-corrected chi connectivity index (χ3v) is 13.1.